The summed E-state index contributed by atoms with van der Waals surface area (Å²) in [5.41, 5.74) is 0. The molecule has 1 aromatic carbocycles. The minimum atomic E-state index is 0.423. The van der Waals surface area contributed by atoms with E-state index in [1.807, 2.05) is 24.3 Å². The maximum atomic E-state index is 5.67. The minimum absolute atomic E-state index is 0.423. The molecular weight excluding hydrogens is 266 g/mol. The number of aliphatic imine (C=N–C) groups is 1. The van der Waals surface area contributed by atoms with Gasteiger partial charge in [0.1, 0.15) is 11.5 Å². The normalized spacial score (nSPS) is 12.7. The van der Waals surface area contributed by atoms with Crippen LogP contribution in [0.4, 0.5) is 0 Å². The average molecular weight is 293 g/mol. The van der Waals surface area contributed by atoms with E-state index in [9.17, 15) is 0 Å². The topological polar surface area (TPSA) is 54.9 Å². The molecule has 0 saturated heterocycles. The number of benzene rings is 1. The third-order valence-electron chi connectivity index (χ3n) is 3.16. The summed E-state index contributed by atoms with van der Waals surface area (Å²) in [5, 5.41) is 6.60. The first-order chi connectivity index (χ1) is 10.2. The number of rotatable bonds is 8. The summed E-state index contributed by atoms with van der Waals surface area (Å²) in [4.78, 5) is 4.19. The molecule has 5 nitrogen and oxygen atoms in total. The number of nitrogens with one attached hydrogen (secondary N) is 2. The molecule has 0 radical (unpaired) electrons. The standard InChI is InChI=1S/C16H27N3O2/c1-5-13(2)19-16(17-3)18-11-6-12-21-15-9-7-14(20-4)8-10-15/h7-10,13H,5-6,11-12H2,1-4H3,(H2,17,18,19). The second-order valence-corrected chi connectivity index (χ2v) is 4.83. The molecule has 0 aliphatic heterocycles. The molecule has 1 aromatic rings. The lowest BCUT2D eigenvalue weighted by molar-refractivity contribution is 0.310. The maximum absolute atomic E-state index is 5.67. The van der Waals surface area contributed by atoms with E-state index in [0.29, 0.717) is 12.6 Å². The molecule has 0 amide bonds. The van der Waals surface area contributed by atoms with Gasteiger partial charge in [-0.2, -0.15) is 0 Å². The van der Waals surface area contributed by atoms with Gasteiger partial charge in [0, 0.05) is 19.6 Å². The minimum Gasteiger partial charge on any atom is -0.497 e. The fraction of sp³-hybridized carbons (Fsp3) is 0.562. The van der Waals surface area contributed by atoms with E-state index in [1.165, 1.54) is 0 Å². The van der Waals surface area contributed by atoms with Crippen LogP contribution in [0, 0.1) is 0 Å². The van der Waals surface area contributed by atoms with Gasteiger partial charge in [-0.05, 0) is 44.0 Å². The maximum Gasteiger partial charge on any atom is 0.191 e. The lowest BCUT2D eigenvalue weighted by atomic mass is 10.3. The van der Waals surface area contributed by atoms with Gasteiger partial charge in [0.25, 0.3) is 0 Å². The van der Waals surface area contributed by atoms with Crippen LogP contribution in [-0.4, -0.2) is 39.3 Å². The number of ether oxygens (including phenoxy) is 2. The molecular formula is C16H27N3O2. The van der Waals surface area contributed by atoms with Crippen molar-refractivity contribution in [3.8, 4) is 11.5 Å². The van der Waals surface area contributed by atoms with E-state index in [4.69, 9.17) is 9.47 Å². The molecule has 1 atom stereocenters. The molecule has 0 aliphatic carbocycles. The summed E-state index contributed by atoms with van der Waals surface area (Å²) in [6, 6.07) is 8.04. The molecule has 0 aromatic heterocycles. The van der Waals surface area contributed by atoms with Gasteiger partial charge in [0.15, 0.2) is 5.96 Å². The van der Waals surface area contributed by atoms with Crippen molar-refractivity contribution in [1.82, 2.24) is 10.6 Å². The quantitative estimate of drug-likeness (QED) is 0.439. The van der Waals surface area contributed by atoms with Crippen molar-refractivity contribution >= 4 is 5.96 Å². The molecule has 0 heterocycles. The van der Waals surface area contributed by atoms with Crippen LogP contribution < -0.4 is 20.1 Å². The SMILES string of the molecule is CCC(C)NC(=NC)NCCCOc1ccc(OC)cc1. The van der Waals surface area contributed by atoms with E-state index in [2.05, 4.69) is 29.5 Å². The van der Waals surface area contributed by atoms with Crippen LogP contribution in [0.5, 0.6) is 11.5 Å². The van der Waals surface area contributed by atoms with Gasteiger partial charge in [-0.1, -0.05) is 6.92 Å². The second kappa shape index (κ2) is 9.91. The highest BCUT2D eigenvalue weighted by atomic mass is 16.5. The molecule has 118 valence electrons. The van der Waals surface area contributed by atoms with Gasteiger partial charge in [-0.25, -0.2) is 0 Å². The molecule has 0 aliphatic rings. The lowest BCUT2D eigenvalue weighted by Crippen LogP contribution is -2.42. The lowest BCUT2D eigenvalue weighted by Gasteiger charge is -2.16. The molecule has 0 fully saturated rings. The van der Waals surface area contributed by atoms with Crippen LogP contribution in [-0.2, 0) is 0 Å². The zero-order chi connectivity index (χ0) is 15.5. The van der Waals surface area contributed by atoms with Crippen molar-refractivity contribution in [2.75, 3.05) is 27.3 Å². The molecule has 0 bridgehead atoms. The van der Waals surface area contributed by atoms with Crippen LogP contribution in [0.3, 0.4) is 0 Å². The second-order valence-electron chi connectivity index (χ2n) is 4.83. The summed E-state index contributed by atoms with van der Waals surface area (Å²) < 4.78 is 10.8. The molecule has 1 rings (SSSR count). The fourth-order valence-electron chi connectivity index (χ4n) is 1.67. The Kier molecular flexibility index (Phi) is 8.09. The Labute approximate surface area is 127 Å². The van der Waals surface area contributed by atoms with E-state index in [1.54, 1.807) is 14.2 Å². The fourth-order valence-corrected chi connectivity index (χ4v) is 1.67. The number of hydrogen-bond donors (Lipinski definition) is 2. The average Bonchev–Trinajstić information content (AvgIpc) is 2.53. The Balaban J connectivity index is 2.18. The molecule has 1 unspecified atom stereocenters. The first-order valence-corrected chi connectivity index (χ1v) is 7.43. The van der Waals surface area contributed by atoms with Crippen molar-refractivity contribution in [3.63, 3.8) is 0 Å². The summed E-state index contributed by atoms with van der Waals surface area (Å²) in [6.45, 7) is 5.78. The Morgan fingerprint density at radius 3 is 2.48 bits per heavy atom. The summed E-state index contributed by atoms with van der Waals surface area (Å²) in [6.07, 6.45) is 1.98. The number of hydrogen-bond acceptors (Lipinski definition) is 3. The Morgan fingerprint density at radius 2 is 1.90 bits per heavy atom. The van der Waals surface area contributed by atoms with Crippen LogP contribution in [0.1, 0.15) is 26.7 Å². The molecule has 5 heteroatoms. The zero-order valence-corrected chi connectivity index (χ0v) is 13.5. The van der Waals surface area contributed by atoms with Crippen molar-refractivity contribution in [3.05, 3.63) is 24.3 Å². The molecule has 21 heavy (non-hydrogen) atoms. The van der Waals surface area contributed by atoms with Gasteiger partial charge >= 0.3 is 0 Å². The van der Waals surface area contributed by atoms with Gasteiger partial charge in [-0.15, -0.1) is 0 Å². The van der Waals surface area contributed by atoms with E-state index >= 15 is 0 Å². The number of methoxy groups -OCH3 is 1. The van der Waals surface area contributed by atoms with Crippen LogP contribution in [0.15, 0.2) is 29.3 Å². The predicted octanol–water partition coefficient (Wildman–Crippen LogP) is 2.43. The first-order valence-electron chi connectivity index (χ1n) is 7.43. The summed E-state index contributed by atoms with van der Waals surface area (Å²) in [5.74, 6) is 2.54. The summed E-state index contributed by atoms with van der Waals surface area (Å²) in [7, 11) is 3.44. The van der Waals surface area contributed by atoms with Crippen molar-refractivity contribution in [1.29, 1.82) is 0 Å². The van der Waals surface area contributed by atoms with E-state index < -0.39 is 0 Å². The third-order valence-corrected chi connectivity index (χ3v) is 3.16. The molecule has 0 saturated carbocycles. The van der Waals surface area contributed by atoms with Crippen LogP contribution >= 0.6 is 0 Å². The van der Waals surface area contributed by atoms with Crippen molar-refractivity contribution < 1.29 is 9.47 Å². The third kappa shape index (κ3) is 6.88. The Morgan fingerprint density at radius 1 is 1.24 bits per heavy atom. The molecule has 2 N–H and O–H groups in total. The molecule has 0 spiro atoms. The monoisotopic (exact) mass is 293 g/mol. The van der Waals surface area contributed by atoms with E-state index in [0.717, 1.165) is 36.8 Å². The number of nitrogens with zero attached hydrogens (tertiary/aromatic N) is 1. The number of guanidine groups is 1. The van der Waals surface area contributed by atoms with Crippen molar-refractivity contribution in [2.45, 2.75) is 32.7 Å². The zero-order valence-electron chi connectivity index (χ0n) is 13.5. The highest BCUT2D eigenvalue weighted by molar-refractivity contribution is 5.79. The first kappa shape index (κ1) is 17.1. The van der Waals surface area contributed by atoms with Crippen LogP contribution in [0.2, 0.25) is 0 Å². The highest BCUT2D eigenvalue weighted by Gasteiger charge is 2.02. The largest absolute Gasteiger partial charge is 0.497 e. The highest BCUT2D eigenvalue weighted by Crippen LogP contribution is 2.16. The van der Waals surface area contributed by atoms with Gasteiger partial charge < -0.3 is 20.1 Å². The van der Waals surface area contributed by atoms with E-state index in [-0.39, 0.29) is 0 Å². The van der Waals surface area contributed by atoms with Crippen molar-refractivity contribution in [2.24, 2.45) is 4.99 Å². The Bertz CT molecular complexity index is 418. The van der Waals surface area contributed by atoms with Crippen LogP contribution in [0.25, 0.3) is 0 Å². The van der Waals surface area contributed by atoms with Gasteiger partial charge in [0.2, 0.25) is 0 Å². The summed E-state index contributed by atoms with van der Waals surface area (Å²) >= 11 is 0. The predicted molar refractivity (Wildman–Crippen MR) is 87.4 cm³/mol. The van der Waals surface area contributed by atoms with Gasteiger partial charge in [-0.3, -0.25) is 4.99 Å². The smallest absolute Gasteiger partial charge is 0.191 e. The Hall–Kier alpha value is -1.91. The van der Waals surface area contributed by atoms with Gasteiger partial charge in [0.05, 0.1) is 13.7 Å².